The first-order valence-corrected chi connectivity index (χ1v) is 7.87. The zero-order chi connectivity index (χ0) is 17.4. The summed E-state index contributed by atoms with van der Waals surface area (Å²) in [6, 6.07) is 2.30. The molecule has 0 radical (unpaired) electrons. The zero-order valence-corrected chi connectivity index (χ0v) is 14.7. The summed E-state index contributed by atoms with van der Waals surface area (Å²) in [6.45, 7) is 1.46. The Balaban J connectivity index is 0.00000225. The molecule has 0 saturated heterocycles. The normalized spacial score (nSPS) is 13.6. The highest BCUT2D eigenvalue weighted by Gasteiger charge is 2.27. The molecule has 1 aliphatic rings. The van der Waals surface area contributed by atoms with Crippen LogP contribution in [-0.4, -0.2) is 35.2 Å². The molecule has 0 aliphatic carbocycles. The van der Waals surface area contributed by atoms with Gasteiger partial charge in [0.2, 0.25) is 0 Å². The lowest BCUT2D eigenvalue weighted by Gasteiger charge is -2.22. The molecular weight excluding hydrogens is 372 g/mol. The van der Waals surface area contributed by atoms with Crippen LogP contribution in [0.3, 0.4) is 0 Å². The van der Waals surface area contributed by atoms with E-state index >= 15 is 0 Å². The molecule has 3 N–H and O–H groups in total. The van der Waals surface area contributed by atoms with Gasteiger partial charge in [0.05, 0.1) is 11.6 Å². The third kappa shape index (κ3) is 3.65. The second-order valence-electron chi connectivity index (χ2n) is 5.41. The number of furan rings is 1. The lowest BCUT2D eigenvalue weighted by molar-refractivity contribution is -0.402. The van der Waals surface area contributed by atoms with E-state index in [4.69, 9.17) is 10.2 Å². The second-order valence-corrected chi connectivity index (χ2v) is 6.51. The van der Waals surface area contributed by atoms with Gasteiger partial charge in [0, 0.05) is 18.0 Å². The number of hydrogen-bond acceptors (Lipinski definition) is 7. The van der Waals surface area contributed by atoms with Crippen molar-refractivity contribution < 1.29 is 18.9 Å². The molecular formula is C14H15ClN4O5S. The van der Waals surface area contributed by atoms with E-state index in [0.717, 1.165) is 23.1 Å². The van der Waals surface area contributed by atoms with Gasteiger partial charge in [-0.2, -0.15) is 0 Å². The fraction of sp³-hybridized carbons (Fsp3) is 0.286. The minimum atomic E-state index is -0.731. The number of nitro groups is 1. The highest BCUT2D eigenvalue weighted by molar-refractivity contribution is 7.17. The van der Waals surface area contributed by atoms with Crippen molar-refractivity contribution in [2.45, 2.75) is 13.0 Å². The molecule has 1 aliphatic heterocycles. The fourth-order valence-corrected chi connectivity index (χ4v) is 3.92. The van der Waals surface area contributed by atoms with Gasteiger partial charge in [0.25, 0.3) is 11.8 Å². The number of hydrogen-bond donors (Lipinski definition) is 2. The predicted molar refractivity (Wildman–Crippen MR) is 93.4 cm³/mol. The highest BCUT2D eigenvalue weighted by Crippen LogP contribution is 2.37. The number of amides is 2. The van der Waals surface area contributed by atoms with Crippen molar-refractivity contribution in [2.75, 3.05) is 18.9 Å². The summed E-state index contributed by atoms with van der Waals surface area (Å²) < 4.78 is 4.87. The van der Waals surface area contributed by atoms with Crippen molar-refractivity contribution in [3.8, 4) is 0 Å². The summed E-state index contributed by atoms with van der Waals surface area (Å²) in [7, 11) is 1.97. The van der Waals surface area contributed by atoms with Crippen LogP contribution in [0.1, 0.15) is 31.4 Å². The Hall–Kier alpha value is -2.43. The number of thiophene rings is 1. The average Bonchev–Trinajstić information content (AvgIpc) is 3.10. The van der Waals surface area contributed by atoms with Gasteiger partial charge in [0.1, 0.15) is 9.92 Å². The number of nitrogens with zero attached hydrogens (tertiary/aromatic N) is 2. The summed E-state index contributed by atoms with van der Waals surface area (Å²) >= 11 is 1.28. The summed E-state index contributed by atoms with van der Waals surface area (Å²) in [5.41, 5.74) is 6.62. The van der Waals surface area contributed by atoms with Crippen LogP contribution < -0.4 is 11.1 Å². The van der Waals surface area contributed by atoms with Crippen LogP contribution in [0.2, 0.25) is 0 Å². The number of nitrogens with one attached hydrogen (secondary N) is 1. The molecule has 25 heavy (non-hydrogen) atoms. The number of carbonyl (C=O) groups excluding carboxylic acids is 2. The SMILES string of the molecule is CN1CCc2c(sc(NC(=O)c3ccc([N+](=O)[O-])o3)c2C(N)=O)C1.Cl. The molecule has 3 rings (SSSR count). The molecule has 0 saturated carbocycles. The summed E-state index contributed by atoms with van der Waals surface area (Å²) in [4.78, 5) is 37.0. The zero-order valence-electron chi connectivity index (χ0n) is 13.1. The van der Waals surface area contributed by atoms with Gasteiger partial charge in [-0.3, -0.25) is 19.7 Å². The maximum atomic E-state index is 12.2. The van der Waals surface area contributed by atoms with Gasteiger partial charge in [-0.05, 0) is 25.1 Å². The Morgan fingerprint density at radius 1 is 1.44 bits per heavy atom. The number of fused-ring (bicyclic) bond motifs is 1. The fourth-order valence-electron chi connectivity index (χ4n) is 2.59. The number of anilines is 1. The van der Waals surface area contributed by atoms with Crippen molar-refractivity contribution >= 4 is 46.4 Å². The van der Waals surface area contributed by atoms with Crippen molar-refractivity contribution in [1.29, 1.82) is 0 Å². The molecule has 0 unspecified atom stereocenters. The lowest BCUT2D eigenvalue weighted by Crippen LogP contribution is -2.27. The molecule has 0 bridgehead atoms. The van der Waals surface area contributed by atoms with E-state index in [1.165, 1.54) is 17.4 Å². The molecule has 11 heteroatoms. The van der Waals surface area contributed by atoms with Gasteiger partial charge < -0.3 is 20.4 Å². The van der Waals surface area contributed by atoms with Gasteiger partial charge in [0.15, 0.2) is 5.76 Å². The van der Waals surface area contributed by atoms with Crippen molar-refractivity contribution in [3.63, 3.8) is 0 Å². The molecule has 0 aromatic carbocycles. The molecule has 0 spiro atoms. The first-order chi connectivity index (χ1) is 11.4. The maximum absolute atomic E-state index is 12.2. The average molecular weight is 387 g/mol. The first-order valence-electron chi connectivity index (χ1n) is 7.05. The van der Waals surface area contributed by atoms with Crippen LogP contribution in [0.15, 0.2) is 16.5 Å². The Morgan fingerprint density at radius 2 is 2.16 bits per heavy atom. The molecule has 3 heterocycles. The largest absolute Gasteiger partial charge is 0.433 e. The monoisotopic (exact) mass is 386 g/mol. The van der Waals surface area contributed by atoms with E-state index in [9.17, 15) is 19.7 Å². The topological polar surface area (TPSA) is 132 Å². The molecule has 2 amide bonds. The highest BCUT2D eigenvalue weighted by atomic mass is 35.5. The smallest absolute Gasteiger partial charge is 0.395 e. The van der Waals surface area contributed by atoms with E-state index < -0.39 is 22.6 Å². The van der Waals surface area contributed by atoms with Crippen molar-refractivity contribution in [1.82, 2.24) is 4.90 Å². The maximum Gasteiger partial charge on any atom is 0.433 e. The van der Waals surface area contributed by atoms with E-state index in [1.54, 1.807) is 0 Å². The molecule has 0 fully saturated rings. The lowest BCUT2D eigenvalue weighted by atomic mass is 10.0. The first kappa shape index (κ1) is 18.9. The number of carbonyl (C=O) groups is 2. The number of rotatable bonds is 4. The number of primary amides is 1. The molecule has 2 aromatic heterocycles. The summed E-state index contributed by atoms with van der Waals surface area (Å²) in [6.07, 6.45) is 0.669. The van der Waals surface area contributed by atoms with Crippen LogP contribution in [0.25, 0.3) is 0 Å². The summed E-state index contributed by atoms with van der Waals surface area (Å²) in [5.74, 6) is -2.02. The predicted octanol–water partition coefficient (Wildman–Crippen LogP) is 2.01. The molecule has 0 atom stereocenters. The third-order valence-electron chi connectivity index (χ3n) is 3.72. The molecule has 134 valence electrons. The summed E-state index contributed by atoms with van der Waals surface area (Å²) in [5, 5.41) is 13.5. The van der Waals surface area contributed by atoms with Crippen LogP contribution in [0.4, 0.5) is 10.9 Å². The number of nitrogens with two attached hydrogens (primary N) is 1. The van der Waals surface area contributed by atoms with Gasteiger partial charge in [-0.15, -0.1) is 23.7 Å². The van der Waals surface area contributed by atoms with Crippen LogP contribution in [0.5, 0.6) is 0 Å². The standard InChI is InChI=1S/C14H14N4O5S.ClH/c1-17-5-4-7-9(6-17)24-14(11(7)12(15)19)16-13(20)8-2-3-10(23-8)18(21)22;/h2-3H,4-6H2,1H3,(H2,15,19)(H,16,20);1H. The van der Waals surface area contributed by atoms with Gasteiger partial charge in [-0.25, -0.2) is 0 Å². The van der Waals surface area contributed by atoms with E-state index in [1.807, 2.05) is 7.05 Å². The minimum absolute atomic E-state index is 0. The number of likely N-dealkylation sites (N-methyl/N-ethyl adjacent to an activating group) is 1. The van der Waals surface area contributed by atoms with Crippen LogP contribution >= 0.6 is 23.7 Å². The number of halogens is 1. The quantitative estimate of drug-likeness (QED) is 0.610. The van der Waals surface area contributed by atoms with E-state index in [0.29, 0.717) is 23.5 Å². The molecule has 2 aromatic rings. The third-order valence-corrected chi connectivity index (χ3v) is 4.85. The Kier molecular flexibility index (Phi) is 5.45. The van der Waals surface area contributed by atoms with Gasteiger partial charge >= 0.3 is 5.88 Å². The van der Waals surface area contributed by atoms with Crippen LogP contribution in [0, 0.1) is 10.1 Å². The van der Waals surface area contributed by atoms with Gasteiger partial charge in [-0.1, -0.05) is 0 Å². The van der Waals surface area contributed by atoms with E-state index in [2.05, 4.69) is 10.2 Å². The second kappa shape index (κ2) is 7.21. The van der Waals surface area contributed by atoms with Crippen molar-refractivity contribution in [3.05, 3.63) is 44.0 Å². The molecule has 9 nitrogen and oxygen atoms in total. The Morgan fingerprint density at radius 3 is 2.76 bits per heavy atom. The Bertz CT molecular complexity index is 846. The van der Waals surface area contributed by atoms with E-state index in [-0.39, 0.29) is 18.2 Å². The van der Waals surface area contributed by atoms with Crippen molar-refractivity contribution in [2.24, 2.45) is 5.73 Å². The minimum Gasteiger partial charge on any atom is -0.395 e. The Labute approximate surface area is 152 Å². The van der Waals surface area contributed by atoms with Crippen LogP contribution in [-0.2, 0) is 13.0 Å².